The summed E-state index contributed by atoms with van der Waals surface area (Å²) in [5, 5.41) is 7.85. The molecule has 150 valence electrons. The van der Waals surface area contributed by atoms with Gasteiger partial charge in [-0.3, -0.25) is 4.57 Å². The van der Waals surface area contributed by atoms with Crippen LogP contribution in [-0.4, -0.2) is 58.1 Å². The first-order valence-electron chi connectivity index (χ1n) is 10.4. The average Bonchev–Trinajstić information content (AvgIpc) is 3.28. The van der Waals surface area contributed by atoms with Gasteiger partial charge in [0.25, 0.3) is 0 Å². The molecular weight excluding hydrogens is 346 g/mol. The molecule has 1 aromatic heterocycles. The highest BCUT2D eigenvalue weighted by Crippen LogP contribution is 2.37. The van der Waals surface area contributed by atoms with E-state index >= 15 is 0 Å². The van der Waals surface area contributed by atoms with E-state index in [9.17, 15) is 9.59 Å². The third-order valence-corrected chi connectivity index (χ3v) is 6.07. The third kappa shape index (κ3) is 4.05. The van der Waals surface area contributed by atoms with E-state index in [2.05, 4.69) is 10.4 Å². The van der Waals surface area contributed by atoms with Gasteiger partial charge in [0.2, 0.25) is 0 Å². The summed E-state index contributed by atoms with van der Waals surface area (Å²) in [6, 6.07) is 0.660. The number of hydrogen-bond acceptors (Lipinski definition) is 4. The summed E-state index contributed by atoms with van der Waals surface area (Å²) in [7, 11) is 1.63. The van der Waals surface area contributed by atoms with E-state index in [-0.39, 0.29) is 23.7 Å². The molecule has 1 N–H and O–H groups in total. The fourth-order valence-electron chi connectivity index (χ4n) is 4.42. The number of hydrogen-bond donors (Lipinski definition) is 1. The number of piperidine rings is 1. The van der Waals surface area contributed by atoms with Crippen LogP contribution in [0.1, 0.15) is 69.2 Å². The summed E-state index contributed by atoms with van der Waals surface area (Å²) in [5.41, 5.74) is -0.0305. The maximum atomic E-state index is 12.8. The number of amides is 2. The molecule has 3 aliphatic rings. The first-order chi connectivity index (χ1) is 13.2. The smallest absolute Gasteiger partial charge is 0.346 e. The van der Waals surface area contributed by atoms with Gasteiger partial charge in [0, 0.05) is 38.2 Å². The van der Waals surface area contributed by atoms with Crippen LogP contribution in [0.5, 0.6) is 0 Å². The lowest BCUT2D eigenvalue weighted by atomic mass is 9.97. The van der Waals surface area contributed by atoms with Crippen LogP contribution < -0.4 is 11.0 Å². The highest BCUT2D eigenvalue weighted by Gasteiger charge is 2.35. The standard InChI is InChI=1S/C19H31N5O3/c1-27-12-11-23-19(26)24(16-8-9-16)17(21-23)14-5-4-10-22(13-14)18(25)20-15-6-2-3-7-15/h14-16H,2-13H2,1H3,(H,20,25). The van der Waals surface area contributed by atoms with Crippen LogP contribution in [0.3, 0.4) is 0 Å². The number of urea groups is 1. The second kappa shape index (κ2) is 8.04. The fraction of sp³-hybridized carbons (Fsp3) is 0.842. The number of methoxy groups -OCH3 is 1. The fourth-order valence-corrected chi connectivity index (χ4v) is 4.42. The molecule has 0 spiro atoms. The van der Waals surface area contributed by atoms with Gasteiger partial charge in [0.15, 0.2) is 0 Å². The average molecular weight is 377 g/mol. The van der Waals surface area contributed by atoms with Crippen molar-refractivity contribution in [3.8, 4) is 0 Å². The lowest BCUT2D eigenvalue weighted by Gasteiger charge is -2.33. The maximum absolute atomic E-state index is 12.8. The zero-order chi connectivity index (χ0) is 18.8. The van der Waals surface area contributed by atoms with Crippen LogP contribution in [-0.2, 0) is 11.3 Å². The van der Waals surface area contributed by atoms with Gasteiger partial charge >= 0.3 is 11.7 Å². The van der Waals surface area contributed by atoms with Crippen LogP contribution in [0.2, 0.25) is 0 Å². The molecule has 3 fully saturated rings. The van der Waals surface area contributed by atoms with Gasteiger partial charge in [-0.1, -0.05) is 12.8 Å². The van der Waals surface area contributed by atoms with Crippen LogP contribution >= 0.6 is 0 Å². The molecule has 27 heavy (non-hydrogen) atoms. The summed E-state index contributed by atoms with van der Waals surface area (Å²) < 4.78 is 8.54. The minimum Gasteiger partial charge on any atom is -0.383 e. The molecule has 1 saturated heterocycles. The van der Waals surface area contributed by atoms with Gasteiger partial charge in [-0.25, -0.2) is 14.3 Å². The third-order valence-electron chi connectivity index (χ3n) is 6.07. The lowest BCUT2D eigenvalue weighted by Crippen LogP contribution is -2.48. The number of carbonyl (C=O) groups excluding carboxylic acids is 1. The van der Waals surface area contributed by atoms with Gasteiger partial charge in [-0.2, -0.15) is 5.10 Å². The summed E-state index contributed by atoms with van der Waals surface area (Å²) in [6.07, 6.45) is 8.61. The van der Waals surface area contributed by atoms with E-state index in [1.807, 2.05) is 9.47 Å². The van der Waals surface area contributed by atoms with E-state index < -0.39 is 0 Å². The zero-order valence-corrected chi connectivity index (χ0v) is 16.2. The van der Waals surface area contributed by atoms with Crippen LogP contribution in [0, 0.1) is 0 Å². The topological polar surface area (TPSA) is 81.4 Å². The van der Waals surface area contributed by atoms with Crippen molar-refractivity contribution >= 4 is 6.03 Å². The minimum absolute atomic E-state index is 0.0305. The maximum Gasteiger partial charge on any atom is 0.346 e. The molecule has 2 saturated carbocycles. The molecule has 0 bridgehead atoms. The lowest BCUT2D eigenvalue weighted by molar-refractivity contribution is 0.173. The van der Waals surface area contributed by atoms with Crippen molar-refractivity contribution in [3.63, 3.8) is 0 Å². The molecule has 4 rings (SSSR count). The summed E-state index contributed by atoms with van der Waals surface area (Å²) >= 11 is 0. The van der Waals surface area contributed by atoms with Crippen molar-refractivity contribution in [2.24, 2.45) is 0 Å². The molecule has 1 unspecified atom stereocenters. The SMILES string of the molecule is COCCn1nc(C2CCCN(C(=O)NC3CCCC3)C2)n(C2CC2)c1=O. The number of aromatic nitrogens is 3. The monoisotopic (exact) mass is 377 g/mol. The molecular formula is C19H31N5O3. The van der Waals surface area contributed by atoms with Gasteiger partial charge < -0.3 is 15.0 Å². The summed E-state index contributed by atoms with van der Waals surface area (Å²) in [5.74, 6) is 0.988. The van der Waals surface area contributed by atoms with E-state index in [0.29, 0.717) is 25.7 Å². The Labute approximate surface area is 159 Å². The van der Waals surface area contributed by atoms with Gasteiger partial charge in [-0.15, -0.1) is 0 Å². The van der Waals surface area contributed by atoms with Crippen molar-refractivity contribution in [1.29, 1.82) is 0 Å². The molecule has 1 aliphatic heterocycles. The number of ether oxygens (including phenoxy) is 1. The first-order valence-corrected chi connectivity index (χ1v) is 10.4. The number of rotatable bonds is 6. The number of nitrogens with one attached hydrogen (secondary N) is 1. The van der Waals surface area contributed by atoms with E-state index in [1.165, 1.54) is 17.5 Å². The van der Waals surface area contributed by atoms with Crippen molar-refractivity contribution in [1.82, 2.24) is 24.6 Å². The van der Waals surface area contributed by atoms with Crippen LogP contribution in [0.25, 0.3) is 0 Å². The number of likely N-dealkylation sites (tertiary alicyclic amines) is 1. The molecule has 2 aliphatic carbocycles. The Morgan fingerprint density at radius 2 is 1.96 bits per heavy atom. The molecule has 8 nitrogen and oxygen atoms in total. The van der Waals surface area contributed by atoms with Gasteiger partial charge in [0.05, 0.1) is 13.2 Å². The summed E-state index contributed by atoms with van der Waals surface area (Å²) in [4.78, 5) is 27.4. The van der Waals surface area contributed by atoms with Crippen molar-refractivity contribution < 1.29 is 9.53 Å². The Bertz CT molecular complexity index is 717. The largest absolute Gasteiger partial charge is 0.383 e. The second-order valence-electron chi connectivity index (χ2n) is 8.17. The Balaban J connectivity index is 1.48. The Kier molecular flexibility index (Phi) is 5.52. The quantitative estimate of drug-likeness (QED) is 0.820. The normalized spacial score (nSPS) is 23.7. The highest BCUT2D eigenvalue weighted by atomic mass is 16.5. The molecule has 2 amide bonds. The first kappa shape index (κ1) is 18.5. The minimum atomic E-state index is -0.0305. The van der Waals surface area contributed by atoms with Crippen molar-refractivity contribution in [2.45, 2.75) is 75.9 Å². The van der Waals surface area contributed by atoms with Gasteiger partial charge in [-0.05, 0) is 38.5 Å². The zero-order valence-electron chi connectivity index (χ0n) is 16.2. The molecule has 0 radical (unpaired) electrons. The van der Waals surface area contributed by atoms with Crippen LogP contribution in [0.15, 0.2) is 4.79 Å². The number of nitrogens with zero attached hydrogens (tertiary/aromatic N) is 4. The molecule has 8 heteroatoms. The van der Waals surface area contributed by atoms with Crippen molar-refractivity contribution in [3.05, 3.63) is 16.3 Å². The molecule has 1 aromatic rings. The molecule has 1 atom stereocenters. The van der Waals surface area contributed by atoms with E-state index in [1.54, 1.807) is 7.11 Å². The number of carbonyl (C=O) groups is 1. The van der Waals surface area contributed by atoms with Gasteiger partial charge in [0.1, 0.15) is 5.82 Å². The van der Waals surface area contributed by atoms with E-state index in [4.69, 9.17) is 4.74 Å². The Morgan fingerprint density at radius 1 is 1.19 bits per heavy atom. The summed E-state index contributed by atoms with van der Waals surface area (Å²) in [6.45, 7) is 2.38. The Hall–Kier alpha value is -1.83. The van der Waals surface area contributed by atoms with E-state index in [0.717, 1.165) is 50.9 Å². The second-order valence-corrected chi connectivity index (χ2v) is 8.17. The van der Waals surface area contributed by atoms with Crippen molar-refractivity contribution in [2.75, 3.05) is 26.8 Å². The highest BCUT2D eigenvalue weighted by molar-refractivity contribution is 5.74. The predicted molar refractivity (Wildman–Crippen MR) is 101 cm³/mol. The predicted octanol–water partition coefficient (Wildman–Crippen LogP) is 1.86. The Morgan fingerprint density at radius 3 is 2.67 bits per heavy atom. The molecule has 2 heterocycles. The molecule has 0 aromatic carbocycles. The van der Waals surface area contributed by atoms with Crippen LogP contribution in [0.4, 0.5) is 4.79 Å².